The van der Waals surface area contributed by atoms with Crippen molar-refractivity contribution in [2.24, 2.45) is 0 Å². The average Bonchev–Trinajstić information content (AvgIpc) is 2.96. The number of aromatic nitrogens is 2. The molecular formula is C18H13N3O2. The molecule has 0 amide bonds. The lowest BCUT2D eigenvalue weighted by molar-refractivity contribution is -0.131. The Morgan fingerprint density at radius 3 is 2.96 bits per heavy atom. The van der Waals surface area contributed by atoms with Crippen molar-refractivity contribution < 1.29 is 9.53 Å². The molecule has 0 radical (unpaired) electrons. The van der Waals surface area contributed by atoms with Crippen LogP contribution in [0.2, 0.25) is 0 Å². The molecule has 0 bridgehead atoms. The first-order chi connectivity index (χ1) is 11.2. The van der Waals surface area contributed by atoms with E-state index in [4.69, 9.17) is 4.74 Å². The van der Waals surface area contributed by atoms with Gasteiger partial charge in [0.15, 0.2) is 0 Å². The van der Waals surface area contributed by atoms with Crippen molar-refractivity contribution in [2.75, 3.05) is 0 Å². The fourth-order valence-corrected chi connectivity index (χ4v) is 2.35. The van der Waals surface area contributed by atoms with Crippen LogP contribution in [0.3, 0.4) is 0 Å². The van der Waals surface area contributed by atoms with E-state index in [1.54, 1.807) is 36.8 Å². The molecule has 0 aliphatic carbocycles. The first-order valence-electron chi connectivity index (χ1n) is 6.99. The Hall–Kier alpha value is -3.39. The molecule has 112 valence electrons. The van der Waals surface area contributed by atoms with Gasteiger partial charge in [-0.3, -0.25) is 9.78 Å². The second-order valence-corrected chi connectivity index (χ2v) is 4.96. The number of carbonyl (C=O) groups is 1. The molecular weight excluding hydrogens is 290 g/mol. The topological polar surface area (TPSA) is 78.8 Å². The number of rotatable bonds is 3. The van der Waals surface area contributed by atoms with Crippen LogP contribution in [0, 0.1) is 11.3 Å². The quantitative estimate of drug-likeness (QED) is 0.456. The molecule has 3 rings (SSSR count). The van der Waals surface area contributed by atoms with E-state index in [9.17, 15) is 10.1 Å². The van der Waals surface area contributed by atoms with Crippen LogP contribution in [0.25, 0.3) is 22.6 Å². The Morgan fingerprint density at radius 1 is 1.39 bits per heavy atom. The predicted octanol–water partition coefficient (Wildman–Crippen LogP) is 3.55. The summed E-state index contributed by atoms with van der Waals surface area (Å²) in [7, 11) is 0. The van der Waals surface area contributed by atoms with E-state index < -0.39 is 0 Å². The zero-order valence-corrected chi connectivity index (χ0v) is 12.4. The molecule has 0 spiro atoms. The average molecular weight is 303 g/mol. The summed E-state index contributed by atoms with van der Waals surface area (Å²) in [5.41, 5.74) is 2.96. The van der Waals surface area contributed by atoms with Crippen molar-refractivity contribution >= 4 is 28.5 Å². The number of aromatic amines is 1. The molecule has 0 aliphatic heterocycles. The predicted molar refractivity (Wildman–Crippen MR) is 87.3 cm³/mol. The zero-order chi connectivity index (χ0) is 16.2. The van der Waals surface area contributed by atoms with Crippen LogP contribution in [0.4, 0.5) is 0 Å². The Bertz CT molecular complexity index is 934. The number of pyridine rings is 1. The van der Waals surface area contributed by atoms with Crippen molar-refractivity contribution in [3.8, 4) is 11.8 Å². The molecule has 3 aromatic rings. The normalized spacial score (nSPS) is 11.2. The van der Waals surface area contributed by atoms with Crippen LogP contribution < -0.4 is 4.74 Å². The summed E-state index contributed by atoms with van der Waals surface area (Å²) in [4.78, 5) is 18.3. The minimum absolute atomic E-state index is 0.382. The van der Waals surface area contributed by atoms with Gasteiger partial charge < -0.3 is 9.72 Å². The van der Waals surface area contributed by atoms with Gasteiger partial charge in [0.25, 0.3) is 0 Å². The van der Waals surface area contributed by atoms with Gasteiger partial charge in [-0.1, -0.05) is 6.07 Å². The third-order valence-corrected chi connectivity index (χ3v) is 3.32. The largest absolute Gasteiger partial charge is 0.427 e. The Labute approximate surface area is 132 Å². The summed E-state index contributed by atoms with van der Waals surface area (Å²) in [5, 5.41) is 10.3. The number of H-pyrrole nitrogens is 1. The van der Waals surface area contributed by atoms with E-state index >= 15 is 0 Å². The van der Waals surface area contributed by atoms with Crippen LogP contribution in [0.1, 0.15) is 18.1 Å². The number of nitrogens with zero attached hydrogens (tertiary/aromatic N) is 2. The summed E-state index contributed by atoms with van der Waals surface area (Å²) in [6.07, 6.45) is 6.92. The lowest BCUT2D eigenvalue weighted by Gasteiger charge is -2.02. The number of nitrogens with one attached hydrogen (secondary N) is 1. The van der Waals surface area contributed by atoms with Crippen LogP contribution in [-0.2, 0) is 4.79 Å². The zero-order valence-electron chi connectivity index (χ0n) is 12.4. The Morgan fingerprint density at radius 2 is 2.26 bits per heavy atom. The molecule has 0 unspecified atom stereocenters. The smallest absolute Gasteiger partial charge is 0.308 e. The highest BCUT2D eigenvalue weighted by Gasteiger charge is 2.10. The number of esters is 1. The van der Waals surface area contributed by atoms with E-state index in [1.165, 1.54) is 6.92 Å². The van der Waals surface area contributed by atoms with Crippen LogP contribution in [0.5, 0.6) is 5.75 Å². The van der Waals surface area contributed by atoms with E-state index in [1.807, 2.05) is 18.2 Å². The molecule has 0 aliphatic rings. The summed E-state index contributed by atoms with van der Waals surface area (Å²) in [5.74, 6) is 0.0670. The standard InChI is InChI=1S/C18H13N3O2/c1-12(22)23-15-4-5-18-16(8-15)17(11-21-18)14(9-19)7-13-3-2-6-20-10-13/h2-8,10-11,21H,1H3/b14-7+. The third kappa shape index (κ3) is 3.11. The van der Waals surface area contributed by atoms with Crippen molar-refractivity contribution in [1.82, 2.24) is 9.97 Å². The Balaban J connectivity index is 2.09. The molecule has 0 saturated heterocycles. The molecule has 1 N–H and O–H groups in total. The maximum Gasteiger partial charge on any atom is 0.308 e. The van der Waals surface area contributed by atoms with Crippen molar-refractivity contribution in [2.45, 2.75) is 6.92 Å². The van der Waals surface area contributed by atoms with E-state index in [2.05, 4.69) is 16.0 Å². The van der Waals surface area contributed by atoms with Crippen LogP contribution in [0.15, 0.2) is 48.9 Å². The second kappa shape index (κ2) is 6.16. The molecule has 5 heteroatoms. The first-order valence-corrected chi connectivity index (χ1v) is 6.99. The van der Waals surface area contributed by atoms with Crippen molar-refractivity contribution in [1.29, 1.82) is 5.26 Å². The SMILES string of the molecule is CC(=O)Oc1ccc2[nH]cc(/C(C#N)=C/c3cccnc3)c2c1. The highest BCUT2D eigenvalue weighted by Crippen LogP contribution is 2.29. The van der Waals surface area contributed by atoms with Gasteiger partial charge >= 0.3 is 5.97 Å². The van der Waals surface area contributed by atoms with E-state index in [0.717, 1.165) is 22.0 Å². The Kier molecular flexibility index (Phi) is 3.89. The van der Waals surface area contributed by atoms with Gasteiger partial charge in [-0.25, -0.2) is 0 Å². The lowest BCUT2D eigenvalue weighted by atomic mass is 10.0. The molecule has 2 aromatic heterocycles. The third-order valence-electron chi connectivity index (χ3n) is 3.32. The lowest BCUT2D eigenvalue weighted by Crippen LogP contribution is -2.00. The van der Waals surface area contributed by atoms with Gasteiger partial charge in [0.1, 0.15) is 5.75 Å². The summed E-state index contributed by atoms with van der Waals surface area (Å²) in [6, 6.07) is 11.2. The molecule has 2 heterocycles. The molecule has 1 aromatic carbocycles. The molecule has 0 atom stereocenters. The fraction of sp³-hybridized carbons (Fsp3) is 0.0556. The van der Waals surface area contributed by atoms with Gasteiger partial charge in [-0.05, 0) is 35.9 Å². The maximum atomic E-state index is 11.1. The monoisotopic (exact) mass is 303 g/mol. The summed E-state index contributed by atoms with van der Waals surface area (Å²) >= 11 is 0. The number of hydrogen-bond acceptors (Lipinski definition) is 4. The number of benzene rings is 1. The van der Waals surface area contributed by atoms with Crippen LogP contribution >= 0.6 is 0 Å². The van der Waals surface area contributed by atoms with Crippen LogP contribution in [-0.4, -0.2) is 15.9 Å². The number of nitriles is 1. The highest BCUT2D eigenvalue weighted by molar-refractivity contribution is 6.01. The molecule has 23 heavy (non-hydrogen) atoms. The summed E-state index contributed by atoms with van der Waals surface area (Å²) < 4.78 is 5.11. The van der Waals surface area contributed by atoms with Crippen molar-refractivity contribution in [3.05, 3.63) is 60.0 Å². The van der Waals surface area contributed by atoms with E-state index in [0.29, 0.717) is 11.3 Å². The number of hydrogen-bond donors (Lipinski definition) is 1. The van der Waals surface area contributed by atoms with E-state index in [-0.39, 0.29) is 5.97 Å². The van der Waals surface area contributed by atoms with Gasteiger partial charge in [0.05, 0.1) is 11.6 Å². The number of ether oxygens (including phenoxy) is 1. The van der Waals surface area contributed by atoms with Gasteiger partial charge in [0.2, 0.25) is 0 Å². The maximum absolute atomic E-state index is 11.1. The minimum atomic E-state index is -0.382. The molecule has 0 fully saturated rings. The van der Waals surface area contributed by atoms with Gasteiger partial charge in [-0.2, -0.15) is 5.26 Å². The second-order valence-electron chi connectivity index (χ2n) is 4.96. The number of carbonyl (C=O) groups excluding carboxylic acids is 1. The first kappa shape index (κ1) is 14.5. The number of allylic oxidation sites excluding steroid dienone is 1. The number of fused-ring (bicyclic) bond motifs is 1. The highest BCUT2D eigenvalue weighted by atomic mass is 16.5. The van der Waals surface area contributed by atoms with Crippen molar-refractivity contribution in [3.63, 3.8) is 0 Å². The fourth-order valence-electron chi connectivity index (χ4n) is 2.35. The van der Waals surface area contributed by atoms with Gasteiger partial charge in [0, 0.05) is 42.0 Å². The summed E-state index contributed by atoms with van der Waals surface area (Å²) in [6.45, 7) is 1.35. The van der Waals surface area contributed by atoms with Gasteiger partial charge in [-0.15, -0.1) is 0 Å². The minimum Gasteiger partial charge on any atom is -0.427 e. The molecule has 0 saturated carbocycles. The molecule has 5 nitrogen and oxygen atoms in total.